The van der Waals surface area contributed by atoms with E-state index in [9.17, 15) is 4.79 Å². The predicted octanol–water partition coefficient (Wildman–Crippen LogP) is 3.31. The van der Waals surface area contributed by atoms with Gasteiger partial charge in [0.25, 0.3) is 0 Å². The maximum absolute atomic E-state index is 11.0. The quantitative estimate of drug-likeness (QED) is 0.813. The number of halogens is 2. The van der Waals surface area contributed by atoms with Crippen LogP contribution < -0.4 is 4.74 Å². The van der Waals surface area contributed by atoms with Gasteiger partial charge < -0.3 is 4.74 Å². The molecule has 1 aromatic heterocycles. The summed E-state index contributed by atoms with van der Waals surface area (Å²) in [6.45, 7) is 1.73. The third-order valence-corrected chi connectivity index (χ3v) is 3.05. The standard InChI is InChI=1S/C12H10Cl2N2O2/c1-7-9(6-17)12(18-2)16(15-7)11-4-3-8(13)5-10(11)14/h3-6H,1-2H3. The highest BCUT2D eigenvalue weighted by atomic mass is 35.5. The van der Waals surface area contributed by atoms with Crippen molar-refractivity contribution in [2.75, 3.05) is 7.11 Å². The first kappa shape index (κ1) is 12.9. The van der Waals surface area contributed by atoms with E-state index < -0.39 is 0 Å². The lowest BCUT2D eigenvalue weighted by atomic mass is 10.3. The highest BCUT2D eigenvalue weighted by Crippen LogP contribution is 2.30. The molecule has 0 aliphatic carbocycles. The summed E-state index contributed by atoms with van der Waals surface area (Å²) in [5.41, 5.74) is 1.59. The van der Waals surface area contributed by atoms with Crippen LogP contribution in [0.1, 0.15) is 16.1 Å². The molecule has 2 aromatic rings. The van der Waals surface area contributed by atoms with Gasteiger partial charge in [0.15, 0.2) is 6.29 Å². The van der Waals surface area contributed by atoms with Crippen LogP contribution in [0.3, 0.4) is 0 Å². The number of hydrogen-bond donors (Lipinski definition) is 0. The number of rotatable bonds is 3. The normalized spacial score (nSPS) is 10.4. The number of hydrogen-bond acceptors (Lipinski definition) is 3. The van der Waals surface area contributed by atoms with Crippen molar-refractivity contribution < 1.29 is 9.53 Å². The second-order valence-corrected chi connectivity index (χ2v) is 4.48. The molecule has 0 amide bonds. The van der Waals surface area contributed by atoms with Gasteiger partial charge in [0.1, 0.15) is 0 Å². The molecule has 0 aliphatic heterocycles. The van der Waals surface area contributed by atoms with Gasteiger partial charge in [-0.15, -0.1) is 0 Å². The minimum Gasteiger partial charge on any atom is -0.480 e. The first-order chi connectivity index (χ1) is 8.58. The summed E-state index contributed by atoms with van der Waals surface area (Å²) in [5, 5.41) is 5.21. The van der Waals surface area contributed by atoms with Crippen molar-refractivity contribution in [1.29, 1.82) is 0 Å². The molecule has 0 aliphatic rings. The Bertz CT molecular complexity index is 608. The Morgan fingerprint density at radius 2 is 2.11 bits per heavy atom. The third kappa shape index (κ3) is 2.09. The largest absolute Gasteiger partial charge is 0.480 e. The van der Waals surface area contributed by atoms with Crippen LogP contribution in [-0.2, 0) is 0 Å². The van der Waals surface area contributed by atoms with E-state index in [1.807, 2.05) is 0 Å². The summed E-state index contributed by atoms with van der Waals surface area (Å²) in [5.74, 6) is 0.353. The van der Waals surface area contributed by atoms with Crippen LogP contribution in [0.25, 0.3) is 5.69 Å². The Hall–Kier alpha value is -1.52. The number of carbonyl (C=O) groups is 1. The number of carbonyl (C=O) groups excluding carboxylic acids is 1. The molecule has 18 heavy (non-hydrogen) atoms. The summed E-state index contributed by atoms with van der Waals surface area (Å²) in [6.07, 6.45) is 0.710. The van der Waals surface area contributed by atoms with Crippen LogP contribution in [-0.4, -0.2) is 23.2 Å². The molecular weight excluding hydrogens is 275 g/mol. The monoisotopic (exact) mass is 284 g/mol. The average Bonchev–Trinajstić information content (AvgIpc) is 2.65. The molecule has 0 spiro atoms. The highest BCUT2D eigenvalue weighted by Gasteiger charge is 2.18. The summed E-state index contributed by atoms with van der Waals surface area (Å²) < 4.78 is 6.69. The molecule has 6 heteroatoms. The number of nitrogens with zero attached hydrogens (tertiary/aromatic N) is 2. The van der Waals surface area contributed by atoms with Gasteiger partial charge in [-0.3, -0.25) is 4.79 Å². The van der Waals surface area contributed by atoms with Crippen LogP contribution >= 0.6 is 23.2 Å². The van der Waals surface area contributed by atoms with Crippen molar-refractivity contribution in [3.63, 3.8) is 0 Å². The van der Waals surface area contributed by atoms with Crippen molar-refractivity contribution >= 4 is 29.5 Å². The summed E-state index contributed by atoms with van der Waals surface area (Å²) in [7, 11) is 1.48. The minimum absolute atomic E-state index is 0.353. The zero-order valence-electron chi connectivity index (χ0n) is 9.78. The van der Waals surface area contributed by atoms with E-state index in [0.717, 1.165) is 0 Å². The molecule has 4 nitrogen and oxygen atoms in total. The Morgan fingerprint density at radius 1 is 1.39 bits per heavy atom. The van der Waals surface area contributed by atoms with Crippen LogP contribution in [0.5, 0.6) is 5.88 Å². The summed E-state index contributed by atoms with van der Waals surface area (Å²) >= 11 is 11.9. The van der Waals surface area contributed by atoms with Crippen molar-refractivity contribution in [2.24, 2.45) is 0 Å². The van der Waals surface area contributed by atoms with Crippen molar-refractivity contribution in [2.45, 2.75) is 6.92 Å². The lowest BCUT2D eigenvalue weighted by molar-refractivity contribution is 0.112. The molecule has 0 unspecified atom stereocenters. The molecule has 0 N–H and O–H groups in total. The SMILES string of the molecule is COc1c(C=O)c(C)nn1-c1ccc(Cl)cc1Cl. The van der Waals surface area contributed by atoms with Crippen LogP contribution in [0, 0.1) is 6.92 Å². The molecular formula is C12H10Cl2N2O2. The van der Waals surface area contributed by atoms with Crippen LogP contribution in [0.15, 0.2) is 18.2 Å². The molecule has 1 heterocycles. The number of methoxy groups -OCH3 is 1. The topological polar surface area (TPSA) is 44.1 Å². The molecule has 0 fully saturated rings. The molecule has 0 atom stereocenters. The molecule has 94 valence electrons. The number of aromatic nitrogens is 2. The molecule has 0 bridgehead atoms. The lowest BCUT2D eigenvalue weighted by Gasteiger charge is -2.08. The first-order valence-corrected chi connectivity index (χ1v) is 5.88. The molecule has 2 rings (SSSR count). The van der Waals surface area contributed by atoms with Crippen LogP contribution in [0.4, 0.5) is 0 Å². The van der Waals surface area contributed by atoms with Gasteiger partial charge in [-0.2, -0.15) is 9.78 Å². The predicted molar refractivity (Wildman–Crippen MR) is 70.3 cm³/mol. The first-order valence-electron chi connectivity index (χ1n) is 5.12. The highest BCUT2D eigenvalue weighted by molar-refractivity contribution is 6.35. The fraction of sp³-hybridized carbons (Fsp3) is 0.167. The fourth-order valence-electron chi connectivity index (χ4n) is 1.67. The Labute approximate surface area is 114 Å². The van der Waals surface area contributed by atoms with E-state index in [4.69, 9.17) is 27.9 Å². The van der Waals surface area contributed by atoms with Gasteiger partial charge in [-0.05, 0) is 25.1 Å². The molecule has 0 radical (unpaired) electrons. The van der Waals surface area contributed by atoms with E-state index in [1.165, 1.54) is 11.8 Å². The maximum atomic E-state index is 11.0. The second kappa shape index (κ2) is 5.00. The average molecular weight is 285 g/mol. The Balaban J connectivity index is 2.67. The van der Waals surface area contributed by atoms with Crippen molar-refractivity contribution in [3.05, 3.63) is 39.5 Å². The molecule has 0 saturated heterocycles. The van der Waals surface area contributed by atoms with Crippen LogP contribution in [0.2, 0.25) is 10.0 Å². The number of aldehydes is 1. The number of ether oxygens (including phenoxy) is 1. The maximum Gasteiger partial charge on any atom is 0.227 e. The van der Waals surface area contributed by atoms with Gasteiger partial charge in [-0.25, -0.2) is 0 Å². The number of aryl methyl sites for hydroxylation is 1. The van der Waals surface area contributed by atoms with Gasteiger partial charge in [0, 0.05) is 5.02 Å². The van der Waals surface area contributed by atoms with E-state index in [1.54, 1.807) is 25.1 Å². The zero-order chi connectivity index (χ0) is 13.3. The molecule has 1 aromatic carbocycles. The van der Waals surface area contributed by atoms with Gasteiger partial charge in [0.05, 0.1) is 29.1 Å². The zero-order valence-corrected chi connectivity index (χ0v) is 11.3. The van der Waals surface area contributed by atoms with E-state index >= 15 is 0 Å². The summed E-state index contributed by atoms with van der Waals surface area (Å²) in [4.78, 5) is 11.0. The number of benzene rings is 1. The smallest absolute Gasteiger partial charge is 0.227 e. The Morgan fingerprint density at radius 3 is 2.67 bits per heavy atom. The summed E-state index contributed by atoms with van der Waals surface area (Å²) in [6, 6.07) is 5.02. The lowest BCUT2D eigenvalue weighted by Crippen LogP contribution is -2.01. The Kier molecular flexibility index (Phi) is 3.59. The molecule has 0 saturated carbocycles. The van der Waals surface area contributed by atoms with Gasteiger partial charge >= 0.3 is 0 Å². The van der Waals surface area contributed by atoms with E-state index in [2.05, 4.69) is 5.10 Å². The van der Waals surface area contributed by atoms with Crippen molar-refractivity contribution in [1.82, 2.24) is 9.78 Å². The minimum atomic E-state index is 0.353. The van der Waals surface area contributed by atoms with Crippen molar-refractivity contribution in [3.8, 4) is 11.6 Å². The fourth-order valence-corrected chi connectivity index (χ4v) is 2.16. The van der Waals surface area contributed by atoms with E-state index in [0.29, 0.717) is 39.2 Å². The van der Waals surface area contributed by atoms with E-state index in [-0.39, 0.29) is 0 Å². The second-order valence-electron chi connectivity index (χ2n) is 3.63. The van der Waals surface area contributed by atoms with Gasteiger partial charge in [-0.1, -0.05) is 23.2 Å². The van der Waals surface area contributed by atoms with Gasteiger partial charge in [0.2, 0.25) is 5.88 Å². The third-order valence-electron chi connectivity index (χ3n) is 2.51.